The maximum atomic E-state index is 11.9. The first-order valence-electron chi connectivity index (χ1n) is 6.61. The van der Waals surface area contributed by atoms with Crippen molar-refractivity contribution in [2.24, 2.45) is 0 Å². The van der Waals surface area contributed by atoms with E-state index in [1.54, 1.807) is 26.8 Å². The van der Waals surface area contributed by atoms with Crippen molar-refractivity contribution in [3.8, 4) is 0 Å². The molecule has 0 aliphatic rings. The molecule has 0 saturated carbocycles. The van der Waals surface area contributed by atoms with Crippen molar-refractivity contribution < 1.29 is 14.5 Å². The number of anilines is 1. The highest BCUT2D eigenvalue weighted by Crippen LogP contribution is 2.30. The van der Waals surface area contributed by atoms with Crippen molar-refractivity contribution >= 4 is 40.1 Å². The Hall–Kier alpha value is -1.42. The number of rotatable bonds is 4. The molecule has 0 heterocycles. The third kappa shape index (κ3) is 5.76. The molecule has 1 rings (SSSR count). The summed E-state index contributed by atoms with van der Waals surface area (Å²) in [5.41, 5.74) is 0.200. The highest BCUT2D eigenvalue weighted by Gasteiger charge is 2.22. The van der Waals surface area contributed by atoms with Crippen LogP contribution in [0.15, 0.2) is 12.1 Å². The zero-order chi connectivity index (χ0) is 17.1. The van der Waals surface area contributed by atoms with Crippen LogP contribution in [0.2, 0.25) is 0 Å². The number of benzene rings is 1. The van der Waals surface area contributed by atoms with Crippen LogP contribution in [0.1, 0.15) is 26.3 Å². The summed E-state index contributed by atoms with van der Waals surface area (Å²) in [6, 6.07) is 3.07. The highest BCUT2D eigenvalue weighted by molar-refractivity contribution is 14.1. The van der Waals surface area contributed by atoms with Gasteiger partial charge in [-0.3, -0.25) is 15.4 Å². The summed E-state index contributed by atoms with van der Waals surface area (Å²) in [6.45, 7) is 5.80. The molecule has 8 heteroatoms. The molecular formula is C14H20IN3O4. The molecule has 7 nitrogen and oxygen atoms in total. The number of carbonyl (C=O) groups is 1. The van der Waals surface area contributed by atoms with E-state index in [1.165, 1.54) is 6.07 Å². The second-order valence-corrected chi connectivity index (χ2v) is 7.24. The molecule has 0 spiro atoms. The molecule has 122 valence electrons. The van der Waals surface area contributed by atoms with Crippen LogP contribution < -0.4 is 5.32 Å². The van der Waals surface area contributed by atoms with Gasteiger partial charge in [0.2, 0.25) is 0 Å². The molecule has 0 fully saturated rings. The summed E-state index contributed by atoms with van der Waals surface area (Å²) in [4.78, 5) is 24.5. The van der Waals surface area contributed by atoms with Gasteiger partial charge in [-0.15, -0.1) is 0 Å². The van der Waals surface area contributed by atoms with E-state index >= 15 is 0 Å². The van der Waals surface area contributed by atoms with E-state index in [9.17, 15) is 14.9 Å². The first-order valence-corrected chi connectivity index (χ1v) is 7.69. The first kappa shape index (κ1) is 18.6. The average molecular weight is 421 g/mol. The van der Waals surface area contributed by atoms with Gasteiger partial charge in [0.15, 0.2) is 0 Å². The molecule has 0 radical (unpaired) electrons. The van der Waals surface area contributed by atoms with Gasteiger partial charge in [-0.1, -0.05) is 0 Å². The molecule has 1 N–H and O–H groups in total. The lowest BCUT2D eigenvalue weighted by atomic mass is 10.1. The van der Waals surface area contributed by atoms with Gasteiger partial charge in [-0.05, 0) is 69.1 Å². The number of amides is 1. The van der Waals surface area contributed by atoms with Crippen LogP contribution in [0, 0.1) is 13.7 Å². The van der Waals surface area contributed by atoms with E-state index in [0.717, 1.165) is 9.13 Å². The van der Waals surface area contributed by atoms with Gasteiger partial charge in [0.05, 0.1) is 4.92 Å². The third-order valence-corrected chi connectivity index (χ3v) is 3.49. The Morgan fingerprint density at radius 1 is 1.41 bits per heavy atom. The van der Waals surface area contributed by atoms with Gasteiger partial charge < -0.3 is 9.64 Å². The number of nitro benzene ring substituents is 1. The molecule has 0 aliphatic carbocycles. The van der Waals surface area contributed by atoms with E-state index in [-0.39, 0.29) is 11.4 Å². The molecule has 22 heavy (non-hydrogen) atoms. The summed E-state index contributed by atoms with van der Waals surface area (Å²) in [5.74, 6) is 0. The van der Waals surface area contributed by atoms with E-state index in [4.69, 9.17) is 4.74 Å². The number of carbonyl (C=O) groups excluding carboxylic acids is 1. The first-order chi connectivity index (χ1) is 9.99. The molecule has 0 saturated heterocycles. The number of nitrogens with zero attached hydrogens (tertiary/aromatic N) is 2. The fourth-order valence-electron chi connectivity index (χ4n) is 1.73. The Balaban J connectivity index is 3.14. The minimum absolute atomic E-state index is 0.136. The minimum Gasteiger partial charge on any atom is -0.444 e. The maximum absolute atomic E-state index is 11.9. The van der Waals surface area contributed by atoms with E-state index in [0.29, 0.717) is 6.54 Å². The fraction of sp³-hybridized carbons (Fsp3) is 0.500. The maximum Gasteiger partial charge on any atom is 0.412 e. The van der Waals surface area contributed by atoms with Gasteiger partial charge in [0.25, 0.3) is 5.69 Å². The Bertz CT molecular complexity index is 582. The Labute approximate surface area is 143 Å². The standard InChI is InChI=1S/C14H20IN3O4/c1-14(2,3)22-13(19)16-11-6-9(8-17(4)5)10(15)7-12(11)18(20)21/h6-7H,8H2,1-5H3,(H,16,19). The highest BCUT2D eigenvalue weighted by atomic mass is 127. The SMILES string of the molecule is CN(C)Cc1cc(NC(=O)OC(C)(C)C)c([N+](=O)[O-])cc1I. The van der Waals surface area contributed by atoms with Gasteiger partial charge in [0, 0.05) is 16.2 Å². The fourth-order valence-corrected chi connectivity index (χ4v) is 2.36. The Morgan fingerprint density at radius 3 is 2.45 bits per heavy atom. The third-order valence-electron chi connectivity index (χ3n) is 2.48. The molecule has 1 aromatic rings. The number of nitro groups is 1. The lowest BCUT2D eigenvalue weighted by Gasteiger charge is -2.20. The van der Waals surface area contributed by atoms with Crippen molar-refractivity contribution in [1.82, 2.24) is 4.90 Å². The quantitative estimate of drug-likeness (QED) is 0.456. The summed E-state index contributed by atoms with van der Waals surface area (Å²) in [7, 11) is 3.80. The molecule has 0 bridgehead atoms. The largest absolute Gasteiger partial charge is 0.444 e. The smallest absolute Gasteiger partial charge is 0.412 e. The summed E-state index contributed by atoms with van der Waals surface area (Å²) < 4.78 is 5.91. The molecule has 0 aromatic heterocycles. The normalized spacial score (nSPS) is 11.4. The van der Waals surface area contributed by atoms with Crippen LogP contribution in [0.5, 0.6) is 0 Å². The van der Waals surface area contributed by atoms with Gasteiger partial charge in [-0.2, -0.15) is 0 Å². The predicted molar refractivity (Wildman–Crippen MR) is 93.1 cm³/mol. The number of hydrogen-bond acceptors (Lipinski definition) is 5. The van der Waals surface area contributed by atoms with Crippen molar-refractivity contribution in [2.75, 3.05) is 19.4 Å². The van der Waals surface area contributed by atoms with Crippen LogP contribution in [-0.2, 0) is 11.3 Å². The second-order valence-electron chi connectivity index (χ2n) is 6.08. The number of nitrogens with one attached hydrogen (secondary N) is 1. The molecule has 0 unspecified atom stereocenters. The van der Waals surface area contributed by atoms with Crippen LogP contribution in [-0.4, -0.2) is 35.6 Å². The Morgan fingerprint density at radius 2 is 2.00 bits per heavy atom. The number of hydrogen-bond donors (Lipinski definition) is 1. The lowest BCUT2D eigenvalue weighted by Crippen LogP contribution is -2.27. The monoisotopic (exact) mass is 421 g/mol. The zero-order valence-electron chi connectivity index (χ0n) is 13.3. The summed E-state index contributed by atoms with van der Waals surface area (Å²) in [5, 5.41) is 13.6. The van der Waals surface area contributed by atoms with Crippen LogP contribution in [0.3, 0.4) is 0 Å². The van der Waals surface area contributed by atoms with Crippen LogP contribution >= 0.6 is 22.6 Å². The lowest BCUT2D eigenvalue weighted by molar-refractivity contribution is -0.384. The zero-order valence-corrected chi connectivity index (χ0v) is 15.4. The van der Waals surface area contributed by atoms with Crippen LogP contribution in [0.25, 0.3) is 0 Å². The molecule has 0 atom stereocenters. The summed E-state index contributed by atoms with van der Waals surface area (Å²) >= 11 is 2.05. The summed E-state index contributed by atoms with van der Waals surface area (Å²) in [6.07, 6.45) is -0.715. The number of ether oxygens (including phenoxy) is 1. The van der Waals surface area contributed by atoms with Crippen molar-refractivity contribution in [3.63, 3.8) is 0 Å². The minimum atomic E-state index is -0.715. The molecule has 0 aliphatic heterocycles. The predicted octanol–water partition coefficient (Wildman–Crippen LogP) is 3.61. The van der Waals surface area contributed by atoms with E-state index in [1.807, 2.05) is 19.0 Å². The average Bonchev–Trinajstić information content (AvgIpc) is 2.29. The Kier molecular flexibility index (Phi) is 6.12. The van der Waals surface area contributed by atoms with Crippen molar-refractivity contribution in [2.45, 2.75) is 32.9 Å². The topological polar surface area (TPSA) is 84.7 Å². The number of halogens is 1. The van der Waals surface area contributed by atoms with Gasteiger partial charge in [0.1, 0.15) is 11.3 Å². The van der Waals surface area contributed by atoms with Crippen molar-refractivity contribution in [1.29, 1.82) is 0 Å². The molecule has 1 amide bonds. The second kappa shape index (κ2) is 7.23. The van der Waals surface area contributed by atoms with E-state index in [2.05, 4.69) is 27.9 Å². The molecular weight excluding hydrogens is 401 g/mol. The van der Waals surface area contributed by atoms with Crippen molar-refractivity contribution in [3.05, 3.63) is 31.4 Å². The van der Waals surface area contributed by atoms with Gasteiger partial charge >= 0.3 is 6.09 Å². The molecule has 1 aromatic carbocycles. The van der Waals surface area contributed by atoms with E-state index < -0.39 is 16.6 Å². The van der Waals surface area contributed by atoms with Crippen LogP contribution in [0.4, 0.5) is 16.2 Å². The van der Waals surface area contributed by atoms with Gasteiger partial charge in [-0.25, -0.2) is 4.79 Å².